The van der Waals surface area contributed by atoms with Gasteiger partial charge in [0.15, 0.2) is 11.3 Å². The largest absolute Gasteiger partial charge is 0.464 e. The minimum atomic E-state index is -0.533. The van der Waals surface area contributed by atoms with Gasteiger partial charge < -0.3 is 15.4 Å². The third-order valence-corrected chi connectivity index (χ3v) is 5.40. The van der Waals surface area contributed by atoms with Crippen LogP contribution in [0.4, 0.5) is 15.8 Å². The SMILES string of the molecule is Cc1ccc(C(=O)NC(=S)Nc2ccc3c(c2)NC(c2ccc(F)cc2Cl)O3)c(C)c1. The lowest BCUT2D eigenvalue weighted by Gasteiger charge is -2.13. The van der Waals surface area contributed by atoms with E-state index >= 15 is 0 Å². The fraction of sp³-hybridized carbons (Fsp3) is 0.130. The summed E-state index contributed by atoms with van der Waals surface area (Å²) >= 11 is 11.4. The molecule has 0 aromatic heterocycles. The second-order valence-electron chi connectivity index (χ2n) is 7.25. The van der Waals surface area contributed by atoms with E-state index in [4.69, 9.17) is 28.6 Å². The molecule has 5 nitrogen and oxygen atoms in total. The minimum absolute atomic E-state index is 0.182. The van der Waals surface area contributed by atoms with Crippen LogP contribution in [0.2, 0.25) is 5.02 Å². The molecule has 8 heteroatoms. The van der Waals surface area contributed by atoms with Gasteiger partial charge in [0.2, 0.25) is 0 Å². The zero-order valence-corrected chi connectivity index (χ0v) is 18.3. The monoisotopic (exact) mass is 455 g/mol. The van der Waals surface area contributed by atoms with Crippen LogP contribution in [0.1, 0.15) is 33.3 Å². The van der Waals surface area contributed by atoms with Crippen molar-refractivity contribution in [2.75, 3.05) is 10.6 Å². The molecule has 1 unspecified atom stereocenters. The first-order valence-corrected chi connectivity index (χ1v) is 10.3. The summed E-state index contributed by atoms with van der Waals surface area (Å²) in [6.07, 6.45) is -0.533. The molecule has 0 saturated carbocycles. The molecule has 1 amide bonds. The second-order valence-corrected chi connectivity index (χ2v) is 8.06. The summed E-state index contributed by atoms with van der Waals surface area (Å²) in [5, 5.41) is 9.37. The average molecular weight is 456 g/mol. The van der Waals surface area contributed by atoms with Gasteiger partial charge in [-0.2, -0.15) is 0 Å². The molecule has 1 atom stereocenters. The van der Waals surface area contributed by atoms with E-state index in [0.717, 1.165) is 16.8 Å². The van der Waals surface area contributed by atoms with Crippen LogP contribution in [0.15, 0.2) is 54.6 Å². The zero-order valence-electron chi connectivity index (χ0n) is 16.8. The number of halogens is 2. The lowest BCUT2D eigenvalue weighted by atomic mass is 10.1. The summed E-state index contributed by atoms with van der Waals surface area (Å²) in [6.45, 7) is 3.86. The highest BCUT2D eigenvalue weighted by molar-refractivity contribution is 7.80. The summed E-state index contributed by atoms with van der Waals surface area (Å²) in [5.41, 5.74) is 4.56. The number of ether oxygens (including phenoxy) is 1. The molecular formula is C23H19ClFN3O2S. The molecule has 4 rings (SSSR count). The standard InChI is InChI=1S/C23H19ClFN3O2S/c1-12-3-6-16(13(2)9-12)21(29)28-23(31)26-15-5-8-20-19(11-15)27-22(30-20)17-7-4-14(25)10-18(17)24/h3-11,22,27H,1-2H3,(H2,26,28,29,31). The van der Waals surface area contributed by atoms with E-state index in [1.165, 1.54) is 12.1 Å². The van der Waals surface area contributed by atoms with E-state index in [-0.39, 0.29) is 16.0 Å². The van der Waals surface area contributed by atoms with Crippen molar-refractivity contribution in [3.05, 3.63) is 87.7 Å². The Bertz CT molecular complexity index is 1200. The van der Waals surface area contributed by atoms with Crippen molar-refractivity contribution in [2.24, 2.45) is 0 Å². The van der Waals surface area contributed by atoms with Gasteiger partial charge in [-0.25, -0.2) is 4.39 Å². The maximum absolute atomic E-state index is 13.3. The lowest BCUT2D eigenvalue weighted by Crippen LogP contribution is -2.34. The number of thiocarbonyl (C=S) groups is 1. The molecule has 3 aromatic carbocycles. The molecule has 0 radical (unpaired) electrons. The molecule has 1 aliphatic rings. The first-order chi connectivity index (χ1) is 14.8. The highest BCUT2D eigenvalue weighted by Gasteiger charge is 2.25. The highest BCUT2D eigenvalue weighted by atomic mass is 35.5. The third-order valence-electron chi connectivity index (χ3n) is 4.87. The van der Waals surface area contributed by atoms with Crippen molar-refractivity contribution in [1.29, 1.82) is 0 Å². The highest BCUT2D eigenvalue weighted by Crippen LogP contribution is 2.41. The summed E-state index contributed by atoms with van der Waals surface area (Å²) in [6, 6.07) is 15.1. The number of aryl methyl sites for hydroxylation is 2. The third kappa shape index (κ3) is 4.62. The summed E-state index contributed by atoms with van der Waals surface area (Å²) in [7, 11) is 0. The number of anilines is 2. The Balaban J connectivity index is 1.42. The number of benzene rings is 3. The number of amides is 1. The van der Waals surface area contributed by atoms with Crippen molar-refractivity contribution < 1.29 is 13.9 Å². The van der Waals surface area contributed by atoms with Gasteiger partial charge in [-0.05, 0) is 74.1 Å². The van der Waals surface area contributed by atoms with Crippen LogP contribution in [-0.4, -0.2) is 11.0 Å². The Hall–Kier alpha value is -3.16. The van der Waals surface area contributed by atoms with E-state index in [1.807, 2.05) is 32.0 Å². The van der Waals surface area contributed by atoms with E-state index in [1.54, 1.807) is 24.3 Å². The van der Waals surface area contributed by atoms with Gasteiger partial charge >= 0.3 is 0 Å². The van der Waals surface area contributed by atoms with Crippen LogP contribution >= 0.6 is 23.8 Å². The van der Waals surface area contributed by atoms with Crippen LogP contribution in [0.25, 0.3) is 0 Å². The van der Waals surface area contributed by atoms with Crippen molar-refractivity contribution in [2.45, 2.75) is 20.1 Å². The van der Waals surface area contributed by atoms with Crippen molar-refractivity contribution in [3.8, 4) is 5.75 Å². The summed E-state index contributed by atoms with van der Waals surface area (Å²) in [5.74, 6) is -0.0584. The minimum Gasteiger partial charge on any atom is -0.464 e. The zero-order chi connectivity index (χ0) is 22.1. The second kappa shape index (κ2) is 8.53. The van der Waals surface area contributed by atoms with Crippen LogP contribution < -0.4 is 20.7 Å². The van der Waals surface area contributed by atoms with Crippen LogP contribution in [-0.2, 0) is 0 Å². The Morgan fingerprint density at radius 2 is 1.94 bits per heavy atom. The number of rotatable bonds is 3. The molecular weight excluding hydrogens is 437 g/mol. The van der Waals surface area contributed by atoms with Gasteiger partial charge in [0, 0.05) is 16.8 Å². The van der Waals surface area contributed by atoms with E-state index < -0.39 is 12.0 Å². The number of hydrogen-bond donors (Lipinski definition) is 3. The van der Waals surface area contributed by atoms with Crippen LogP contribution in [0.3, 0.4) is 0 Å². The first-order valence-electron chi connectivity index (χ1n) is 9.52. The maximum Gasteiger partial charge on any atom is 0.257 e. The number of hydrogen-bond acceptors (Lipinski definition) is 4. The van der Waals surface area contributed by atoms with Gasteiger partial charge in [0.1, 0.15) is 11.6 Å². The molecule has 0 bridgehead atoms. The molecule has 0 saturated heterocycles. The topological polar surface area (TPSA) is 62.4 Å². The van der Waals surface area contributed by atoms with Crippen LogP contribution in [0.5, 0.6) is 5.75 Å². The van der Waals surface area contributed by atoms with Crippen molar-refractivity contribution in [1.82, 2.24) is 5.32 Å². The van der Waals surface area contributed by atoms with E-state index in [9.17, 15) is 9.18 Å². The van der Waals surface area contributed by atoms with Gasteiger partial charge in [0.05, 0.1) is 10.7 Å². The normalized spacial score (nSPS) is 14.3. The molecule has 31 heavy (non-hydrogen) atoms. The Labute approximate surface area is 189 Å². The molecule has 3 N–H and O–H groups in total. The maximum atomic E-state index is 13.3. The number of fused-ring (bicyclic) bond motifs is 1. The van der Waals surface area contributed by atoms with Gasteiger partial charge in [-0.15, -0.1) is 0 Å². The predicted octanol–water partition coefficient (Wildman–Crippen LogP) is 5.73. The number of carbonyl (C=O) groups excluding carboxylic acids is 1. The van der Waals surface area contributed by atoms with Crippen molar-refractivity contribution in [3.63, 3.8) is 0 Å². The summed E-state index contributed by atoms with van der Waals surface area (Å²) in [4.78, 5) is 12.5. The fourth-order valence-corrected chi connectivity index (χ4v) is 3.85. The van der Waals surface area contributed by atoms with Gasteiger partial charge in [-0.3, -0.25) is 10.1 Å². The molecule has 1 aliphatic heterocycles. The van der Waals surface area contributed by atoms with Gasteiger partial charge in [-0.1, -0.05) is 29.3 Å². The molecule has 3 aromatic rings. The van der Waals surface area contributed by atoms with Crippen LogP contribution in [0, 0.1) is 19.7 Å². The quantitative estimate of drug-likeness (QED) is 0.440. The first kappa shape index (κ1) is 21.1. The smallest absolute Gasteiger partial charge is 0.257 e. The van der Waals surface area contributed by atoms with Crippen molar-refractivity contribution >= 4 is 46.2 Å². The Kier molecular flexibility index (Phi) is 5.80. The summed E-state index contributed by atoms with van der Waals surface area (Å²) < 4.78 is 19.2. The number of carbonyl (C=O) groups is 1. The van der Waals surface area contributed by atoms with E-state index in [2.05, 4.69) is 16.0 Å². The average Bonchev–Trinajstić information content (AvgIpc) is 3.10. The van der Waals surface area contributed by atoms with E-state index in [0.29, 0.717) is 22.6 Å². The molecule has 0 spiro atoms. The number of nitrogens with one attached hydrogen (secondary N) is 3. The fourth-order valence-electron chi connectivity index (χ4n) is 3.38. The molecule has 0 aliphatic carbocycles. The Morgan fingerprint density at radius 1 is 1.13 bits per heavy atom. The molecule has 158 valence electrons. The Morgan fingerprint density at radius 3 is 2.68 bits per heavy atom. The van der Waals surface area contributed by atoms with Gasteiger partial charge in [0.25, 0.3) is 5.91 Å². The predicted molar refractivity (Wildman–Crippen MR) is 124 cm³/mol. The molecule has 0 fully saturated rings. The lowest BCUT2D eigenvalue weighted by molar-refractivity contribution is 0.0977. The molecule has 1 heterocycles.